The van der Waals surface area contributed by atoms with Crippen molar-refractivity contribution in [1.29, 1.82) is 0 Å². The summed E-state index contributed by atoms with van der Waals surface area (Å²) in [6, 6.07) is 7.25. The number of hydrogen-bond donors (Lipinski definition) is 2. The summed E-state index contributed by atoms with van der Waals surface area (Å²) in [5, 5.41) is 1.32. The third-order valence-electron chi connectivity index (χ3n) is 6.68. The van der Waals surface area contributed by atoms with Crippen molar-refractivity contribution in [3.63, 3.8) is 0 Å². The third kappa shape index (κ3) is 2.29. The van der Waals surface area contributed by atoms with Gasteiger partial charge >= 0.3 is 11.4 Å². The summed E-state index contributed by atoms with van der Waals surface area (Å²) in [5.41, 5.74) is 5.29. The van der Waals surface area contributed by atoms with Crippen LogP contribution in [0.2, 0.25) is 0 Å². The molecule has 0 aliphatic carbocycles. The average Bonchev–Trinajstić information content (AvgIpc) is 3.26. The minimum Gasteiger partial charge on any atom is -0.452 e. The number of H-pyrrole nitrogens is 2. The summed E-state index contributed by atoms with van der Waals surface area (Å²) < 4.78 is 15.7. The van der Waals surface area contributed by atoms with Gasteiger partial charge in [0.25, 0.3) is 0 Å². The van der Waals surface area contributed by atoms with Crippen molar-refractivity contribution in [3.8, 4) is 23.0 Å². The summed E-state index contributed by atoms with van der Waals surface area (Å²) >= 11 is 0. The van der Waals surface area contributed by atoms with Crippen LogP contribution in [0.1, 0.15) is 11.1 Å². The molecule has 0 amide bonds. The summed E-state index contributed by atoms with van der Waals surface area (Å²) in [6.07, 6.45) is 0. The first kappa shape index (κ1) is 18.9. The smallest absolute Gasteiger partial charge is 0.326 e. The summed E-state index contributed by atoms with van der Waals surface area (Å²) in [4.78, 5) is 39.5. The first-order valence-electron chi connectivity index (χ1n) is 10.7. The van der Waals surface area contributed by atoms with Gasteiger partial charge in [0.15, 0.2) is 23.0 Å². The van der Waals surface area contributed by atoms with E-state index in [0.717, 1.165) is 22.2 Å². The van der Waals surface area contributed by atoms with Gasteiger partial charge in [0.1, 0.15) is 22.1 Å². The number of imidazole rings is 2. The molecule has 0 bridgehead atoms. The highest BCUT2D eigenvalue weighted by atomic mass is 16.5. The standard InChI is InChI=1S/C24H18N6O4/c1-9-19-22(34-18-8-16-11(5-13(18)25-19)27-23(31)30(16)4)10(2)20-21(9)33-17-7-15-12(6-14(17)26-20)28-24(32)29(15)3/h5-8H,1-4H3,(H,27,31)(H,28,32). The molecule has 2 aromatic heterocycles. The van der Waals surface area contributed by atoms with Crippen LogP contribution < -0.4 is 31.6 Å². The van der Waals surface area contributed by atoms with Crippen molar-refractivity contribution in [2.24, 2.45) is 24.1 Å². The van der Waals surface area contributed by atoms with E-state index in [2.05, 4.69) is 9.97 Å². The number of aryl methyl sites for hydroxylation is 2. The fourth-order valence-electron chi connectivity index (χ4n) is 4.72. The van der Waals surface area contributed by atoms with Crippen LogP contribution in [0.3, 0.4) is 0 Å². The number of ether oxygens (including phenoxy) is 2. The van der Waals surface area contributed by atoms with E-state index >= 15 is 0 Å². The van der Waals surface area contributed by atoms with E-state index in [1.165, 1.54) is 9.13 Å². The lowest BCUT2D eigenvalue weighted by Crippen LogP contribution is -2.25. The van der Waals surface area contributed by atoms with E-state index in [1.807, 2.05) is 38.1 Å². The van der Waals surface area contributed by atoms with Gasteiger partial charge in [-0.2, -0.15) is 0 Å². The summed E-state index contributed by atoms with van der Waals surface area (Å²) in [6.45, 7) is 3.84. The molecule has 2 N–H and O–H groups in total. The summed E-state index contributed by atoms with van der Waals surface area (Å²) in [5.74, 6) is 2.35. The average molecular weight is 454 g/mol. The molecule has 10 nitrogen and oxygen atoms in total. The molecule has 0 atom stereocenters. The number of benzene rings is 3. The Bertz CT molecular complexity index is 1860. The Hall–Kier alpha value is -4.60. The first-order valence-corrected chi connectivity index (χ1v) is 10.7. The van der Waals surface area contributed by atoms with Gasteiger partial charge in [-0.15, -0.1) is 0 Å². The van der Waals surface area contributed by atoms with Crippen LogP contribution in [0.5, 0.6) is 23.0 Å². The second-order valence-electron chi connectivity index (χ2n) is 8.69. The lowest BCUT2D eigenvalue weighted by molar-refractivity contribution is 0.443. The molecule has 0 fully saturated rings. The van der Waals surface area contributed by atoms with Crippen molar-refractivity contribution in [3.05, 3.63) is 67.1 Å². The molecule has 2 aliphatic heterocycles. The largest absolute Gasteiger partial charge is 0.452 e. The Kier molecular flexibility index (Phi) is 3.36. The molecular weight excluding hydrogens is 436 g/mol. The van der Waals surface area contributed by atoms with E-state index in [4.69, 9.17) is 19.5 Å². The van der Waals surface area contributed by atoms with E-state index in [0.29, 0.717) is 56.1 Å². The number of rotatable bonds is 0. The van der Waals surface area contributed by atoms with Crippen LogP contribution in [0.4, 0.5) is 11.4 Å². The topological polar surface area (TPSA) is 119 Å². The molecule has 10 heteroatoms. The van der Waals surface area contributed by atoms with Crippen molar-refractivity contribution in [2.45, 2.75) is 13.8 Å². The molecular formula is C24H18N6O4. The number of nitrogens with one attached hydrogen (secondary N) is 2. The summed E-state index contributed by atoms with van der Waals surface area (Å²) in [7, 11) is 3.41. The molecule has 168 valence electrons. The van der Waals surface area contributed by atoms with E-state index in [1.54, 1.807) is 14.1 Å². The maximum Gasteiger partial charge on any atom is 0.326 e. The highest BCUT2D eigenvalue weighted by molar-refractivity contribution is 5.84. The molecule has 2 aliphatic rings. The van der Waals surface area contributed by atoms with Crippen molar-refractivity contribution < 1.29 is 9.47 Å². The highest BCUT2D eigenvalue weighted by Crippen LogP contribution is 2.41. The van der Waals surface area contributed by atoms with Gasteiger partial charge in [-0.3, -0.25) is 9.13 Å². The van der Waals surface area contributed by atoms with Crippen LogP contribution in [0.25, 0.3) is 22.1 Å². The molecule has 0 saturated carbocycles. The third-order valence-corrected chi connectivity index (χ3v) is 6.68. The molecule has 3 aromatic carbocycles. The fraction of sp³-hybridized carbons (Fsp3) is 0.167. The molecule has 5 aromatic rings. The number of nitrogens with zero attached hydrogens (tertiary/aromatic N) is 4. The quantitative estimate of drug-likeness (QED) is 0.366. The molecule has 0 spiro atoms. The maximum atomic E-state index is 12.1. The van der Waals surface area contributed by atoms with Crippen LogP contribution in [0.15, 0.2) is 43.8 Å². The van der Waals surface area contributed by atoms with Crippen LogP contribution in [-0.4, -0.2) is 19.1 Å². The number of fused-ring (bicyclic) bond motifs is 6. The normalized spacial score (nSPS) is 13.3. The van der Waals surface area contributed by atoms with E-state index in [-0.39, 0.29) is 11.4 Å². The SMILES string of the molecule is Cc1c2c(c(C)c3c1=Nc1cc4[nH]c(=O)n(C)c4cc1O3)=Nc1cc3[nH]c(=O)n(C)c3cc1O2. The van der Waals surface area contributed by atoms with Gasteiger partial charge in [-0.25, -0.2) is 19.6 Å². The zero-order valence-corrected chi connectivity index (χ0v) is 18.7. The number of hydrogen-bond acceptors (Lipinski definition) is 6. The molecule has 0 radical (unpaired) electrons. The lowest BCUT2D eigenvalue weighted by Gasteiger charge is -2.22. The van der Waals surface area contributed by atoms with Gasteiger partial charge in [0.05, 0.1) is 22.1 Å². The minimum atomic E-state index is -0.198. The second kappa shape index (κ2) is 6.04. The van der Waals surface area contributed by atoms with Gasteiger partial charge in [-0.05, 0) is 26.0 Å². The molecule has 0 unspecified atom stereocenters. The fourth-order valence-corrected chi connectivity index (χ4v) is 4.72. The Labute approximate surface area is 190 Å². The lowest BCUT2D eigenvalue weighted by atomic mass is 10.1. The van der Waals surface area contributed by atoms with Crippen molar-refractivity contribution in [2.75, 3.05) is 0 Å². The van der Waals surface area contributed by atoms with Crippen molar-refractivity contribution >= 4 is 33.4 Å². The number of aromatic nitrogens is 4. The zero-order valence-electron chi connectivity index (χ0n) is 18.7. The van der Waals surface area contributed by atoms with Gasteiger partial charge in [-0.1, -0.05) is 0 Å². The monoisotopic (exact) mass is 454 g/mol. The molecule has 0 saturated heterocycles. The van der Waals surface area contributed by atoms with Crippen LogP contribution in [-0.2, 0) is 14.1 Å². The molecule has 7 rings (SSSR count). The van der Waals surface area contributed by atoms with Crippen LogP contribution in [0, 0.1) is 13.8 Å². The Morgan fingerprint density at radius 3 is 1.53 bits per heavy atom. The highest BCUT2D eigenvalue weighted by Gasteiger charge is 2.26. The first-order chi connectivity index (χ1) is 16.3. The Morgan fingerprint density at radius 1 is 0.706 bits per heavy atom. The maximum absolute atomic E-state index is 12.1. The Morgan fingerprint density at radius 2 is 1.12 bits per heavy atom. The number of aromatic amines is 2. The predicted octanol–water partition coefficient (Wildman–Crippen LogP) is 2.78. The second-order valence-corrected chi connectivity index (χ2v) is 8.69. The Balaban J connectivity index is 1.49. The minimum absolute atomic E-state index is 0.198. The van der Waals surface area contributed by atoms with Gasteiger partial charge in [0.2, 0.25) is 0 Å². The molecule has 4 heterocycles. The zero-order chi connectivity index (χ0) is 23.5. The van der Waals surface area contributed by atoms with Crippen molar-refractivity contribution in [1.82, 2.24) is 19.1 Å². The van der Waals surface area contributed by atoms with Gasteiger partial charge in [0, 0.05) is 37.4 Å². The predicted molar refractivity (Wildman–Crippen MR) is 125 cm³/mol. The van der Waals surface area contributed by atoms with E-state index in [9.17, 15) is 9.59 Å². The van der Waals surface area contributed by atoms with E-state index < -0.39 is 0 Å². The van der Waals surface area contributed by atoms with Crippen LogP contribution >= 0.6 is 0 Å². The van der Waals surface area contributed by atoms with Gasteiger partial charge < -0.3 is 19.4 Å². The molecule has 34 heavy (non-hydrogen) atoms.